The summed E-state index contributed by atoms with van der Waals surface area (Å²) in [7, 11) is 0. The predicted molar refractivity (Wildman–Crippen MR) is 115 cm³/mol. The van der Waals surface area contributed by atoms with Crippen molar-refractivity contribution in [1.29, 1.82) is 0 Å². The molecule has 8 heteroatoms. The Balaban J connectivity index is 1.60. The summed E-state index contributed by atoms with van der Waals surface area (Å²) in [5.41, 5.74) is 1.69. The van der Waals surface area contributed by atoms with E-state index in [0.717, 1.165) is 25.7 Å². The van der Waals surface area contributed by atoms with Crippen molar-refractivity contribution in [2.75, 3.05) is 13.1 Å². The molecule has 0 unspecified atom stereocenters. The molecule has 2 aliphatic rings. The molecule has 2 aromatic heterocycles. The van der Waals surface area contributed by atoms with E-state index < -0.39 is 0 Å². The minimum absolute atomic E-state index is 0.00146. The van der Waals surface area contributed by atoms with E-state index in [-0.39, 0.29) is 29.3 Å². The number of fused-ring (bicyclic) bond motifs is 1. The van der Waals surface area contributed by atoms with Gasteiger partial charge in [-0.3, -0.25) is 19.4 Å². The number of pyridine rings is 1. The second-order valence-electron chi connectivity index (χ2n) is 8.29. The number of carbonyl (C=O) groups is 2. The van der Waals surface area contributed by atoms with Crippen molar-refractivity contribution < 1.29 is 9.59 Å². The Morgan fingerprint density at radius 3 is 2.65 bits per heavy atom. The molecule has 4 rings (SSSR count). The van der Waals surface area contributed by atoms with Crippen molar-refractivity contribution in [3.05, 3.63) is 57.5 Å². The quantitative estimate of drug-likeness (QED) is 0.796. The van der Waals surface area contributed by atoms with E-state index in [1.165, 1.54) is 0 Å². The minimum atomic E-state index is -0.211. The van der Waals surface area contributed by atoms with Gasteiger partial charge in [-0.05, 0) is 44.2 Å². The average molecular weight is 424 g/mol. The van der Waals surface area contributed by atoms with Crippen LogP contribution in [0.1, 0.15) is 73.0 Å². The van der Waals surface area contributed by atoms with Gasteiger partial charge in [0.1, 0.15) is 5.82 Å². The van der Waals surface area contributed by atoms with Crippen molar-refractivity contribution in [3.8, 4) is 0 Å². The van der Waals surface area contributed by atoms with Gasteiger partial charge in [-0.2, -0.15) is 0 Å². The molecule has 2 amide bonds. The Hall–Kier alpha value is -3.03. The van der Waals surface area contributed by atoms with Gasteiger partial charge in [0.25, 0.3) is 11.5 Å². The van der Waals surface area contributed by atoms with Crippen LogP contribution in [-0.2, 0) is 17.8 Å². The molecule has 0 bridgehead atoms. The lowest BCUT2D eigenvalue weighted by atomic mass is 10.0. The maximum absolute atomic E-state index is 13.0. The average Bonchev–Trinajstić information content (AvgIpc) is 3.29. The van der Waals surface area contributed by atoms with Gasteiger partial charge in [-0.15, -0.1) is 0 Å². The molecule has 0 saturated carbocycles. The van der Waals surface area contributed by atoms with Crippen LogP contribution in [0.3, 0.4) is 0 Å². The number of carbonyl (C=O) groups excluding carboxylic acids is 2. The zero-order chi connectivity index (χ0) is 22.0. The third kappa shape index (κ3) is 4.11. The Morgan fingerprint density at radius 2 is 1.94 bits per heavy atom. The predicted octanol–water partition coefficient (Wildman–Crippen LogP) is 2.46. The zero-order valence-corrected chi connectivity index (χ0v) is 18.1. The number of H-pyrrole nitrogens is 1. The molecule has 0 radical (unpaired) electrons. The second kappa shape index (κ2) is 8.99. The summed E-state index contributed by atoms with van der Waals surface area (Å²) in [5.74, 6) is 0.586. The molecule has 1 fully saturated rings. The summed E-state index contributed by atoms with van der Waals surface area (Å²) in [6, 6.07) is 3.17. The maximum atomic E-state index is 13.0. The summed E-state index contributed by atoms with van der Waals surface area (Å²) in [6.07, 6.45) is 6.94. The first-order valence-electron chi connectivity index (χ1n) is 11.1. The third-order valence-corrected chi connectivity index (χ3v) is 6.49. The Bertz CT molecular complexity index is 1020. The molecule has 1 atom stereocenters. The van der Waals surface area contributed by atoms with Crippen molar-refractivity contribution in [2.24, 2.45) is 5.92 Å². The van der Waals surface area contributed by atoms with Crippen molar-refractivity contribution in [2.45, 2.75) is 58.5 Å². The molecular formula is C23H29N5O3. The number of hydrogen-bond acceptors (Lipinski definition) is 5. The molecule has 0 aliphatic carbocycles. The van der Waals surface area contributed by atoms with Gasteiger partial charge in [-0.1, -0.05) is 13.8 Å². The Labute approximate surface area is 181 Å². The highest BCUT2D eigenvalue weighted by Gasteiger charge is 2.35. The molecule has 0 spiro atoms. The van der Waals surface area contributed by atoms with E-state index in [1.807, 2.05) is 18.7 Å². The third-order valence-electron chi connectivity index (χ3n) is 6.49. The Morgan fingerprint density at radius 1 is 1.19 bits per heavy atom. The highest BCUT2D eigenvalue weighted by Crippen LogP contribution is 2.32. The number of nitrogens with zero attached hydrogens (tertiary/aromatic N) is 4. The fraction of sp³-hybridized carbons (Fsp3) is 0.522. The molecular weight excluding hydrogens is 394 g/mol. The summed E-state index contributed by atoms with van der Waals surface area (Å²) in [5, 5.41) is 0. The van der Waals surface area contributed by atoms with Crippen molar-refractivity contribution in [1.82, 2.24) is 24.8 Å². The maximum Gasteiger partial charge on any atom is 0.254 e. The van der Waals surface area contributed by atoms with Crippen LogP contribution in [0.5, 0.6) is 0 Å². The van der Waals surface area contributed by atoms with Crippen LogP contribution in [0, 0.1) is 5.92 Å². The largest absolute Gasteiger partial charge is 0.332 e. The molecule has 0 aromatic carbocycles. The number of rotatable bonds is 5. The topological polar surface area (TPSA) is 99.3 Å². The van der Waals surface area contributed by atoms with Crippen molar-refractivity contribution >= 4 is 11.8 Å². The lowest BCUT2D eigenvalue weighted by molar-refractivity contribution is -0.136. The molecule has 1 saturated heterocycles. The lowest BCUT2D eigenvalue weighted by Gasteiger charge is -2.30. The first kappa shape index (κ1) is 21.2. The van der Waals surface area contributed by atoms with E-state index >= 15 is 0 Å². The molecule has 4 heterocycles. The molecule has 164 valence electrons. The van der Waals surface area contributed by atoms with Gasteiger partial charge in [0.15, 0.2) is 0 Å². The highest BCUT2D eigenvalue weighted by molar-refractivity contribution is 5.94. The summed E-state index contributed by atoms with van der Waals surface area (Å²) >= 11 is 0. The number of hydrogen-bond donors (Lipinski definition) is 1. The minimum Gasteiger partial charge on any atom is -0.332 e. The zero-order valence-electron chi connectivity index (χ0n) is 18.1. The van der Waals surface area contributed by atoms with Crippen LogP contribution in [0.2, 0.25) is 0 Å². The van der Waals surface area contributed by atoms with Crippen LogP contribution in [0.4, 0.5) is 0 Å². The number of nitrogens with one attached hydrogen (secondary N) is 1. The standard InChI is InChI=1S/C23H29N5O3/c1-3-15(4-2)23(31)28-12-5-6-19(28)20-25-18-14-27(13-9-17(18)21(29)26-20)22(30)16-7-10-24-11-8-16/h7-8,10-11,15,19H,3-6,9,12-14H2,1-2H3,(H,25,26,29)/t19-/m1/s1. The number of aromatic amines is 1. The number of likely N-dealkylation sites (tertiary alicyclic amines) is 1. The Kier molecular flexibility index (Phi) is 6.15. The van der Waals surface area contributed by atoms with E-state index in [2.05, 4.69) is 9.97 Å². The molecule has 31 heavy (non-hydrogen) atoms. The normalized spacial score (nSPS) is 18.4. The second-order valence-corrected chi connectivity index (χ2v) is 8.29. The molecule has 1 N–H and O–H groups in total. The van der Waals surface area contributed by atoms with Gasteiger partial charge in [0, 0.05) is 42.5 Å². The summed E-state index contributed by atoms with van der Waals surface area (Å²) in [4.78, 5) is 53.9. The molecule has 2 aromatic rings. The summed E-state index contributed by atoms with van der Waals surface area (Å²) in [6.45, 7) is 5.52. The van der Waals surface area contributed by atoms with Crippen LogP contribution in [0.15, 0.2) is 29.3 Å². The highest BCUT2D eigenvalue weighted by atomic mass is 16.2. The molecule has 2 aliphatic heterocycles. The summed E-state index contributed by atoms with van der Waals surface area (Å²) < 4.78 is 0. The van der Waals surface area contributed by atoms with E-state index in [0.29, 0.717) is 48.7 Å². The SMILES string of the molecule is CCC(CC)C(=O)N1CCC[C@@H]1c1nc2c(c(=O)[nH]1)CCN(C(=O)c1ccncc1)C2. The smallest absolute Gasteiger partial charge is 0.254 e. The number of aromatic nitrogens is 3. The lowest BCUT2D eigenvalue weighted by Crippen LogP contribution is -2.41. The van der Waals surface area contributed by atoms with Crippen LogP contribution in [0.25, 0.3) is 0 Å². The van der Waals surface area contributed by atoms with E-state index in [9.17, 15) is 14.4 Å². The van der Waals surface area contributed by atoms with Crippen molar-refractivity contribution in [3.63, 3.8) is 0 Å². The monoisotopic (exact) mass is 423 g/mol. The van der Waals surface area contributed by atoms with Gasteiger partial charge in [0.05, 0.1) is 18.3 Å². The molecule has 8 nitrogen and oxygen atoms in total. The van der Waals surface area contributed by atoms with Gasteiger partial charge >= 0.3 is 0 Å². The van der Waals surface area contributed by atoms with Crippen LogP contribution >= 0.6 is 0 Å². The first-order chi connectivity index (χ1) is 15.0. The van der Waals surface area contributed by atoms with Crippen LogP contribution in [-0.4, -0.2) is 49.7 Å². The van der Waals surface area contributed by atoms with Gasteiger partial charge in [-0.25, -0.2) is 4.98 Å². The van der Waals surface area contributed by atoms with E-state index in [4.69, 9.17) is 4.98 Å². The van der Waals surface area contributed by atoms with Crippen LogP contribution < -0.4 is 5.56 Å². The van der Waals surface area contributed by atoms with Gasteiger partial charge in [0.2, 0.25) is 5.91 Å². The number of amides is 2. The fourth-order valence-electron chi connectivity index (χ4n) is 4.65. The van der Waals surface area contributed by atoms with Gasteiger partial charge < -0.3 is 14.8 Å². The first-order valence-corrected chi connectivity index (χ1v) is 11.1. The van der Waals surface area contributed by atoms with E-state index in [1.54, 1.807) is 29.4 Å². The fourth-order valence-corrected chi connectivity index (χ4v) is 4.65.